The first-order valence-corrected chi connectivity index (χ1v) is 5.02. The second-order valence-electron chi connectivity index (χ2n) is 3.45. The standard InChI is InChI=1S/C12H16NO/c13-12-8-6-11(7-9-12)5-3-1-2-4-10-14/h6-9H,1-5,13H2. The molecular weight excluding hydrogens is 174 g/mol. The summed E-state index contributed by atoms with van der Waals surface area (Å²) in [6.45, 7) is 0. The highest BCUT2D eigenvalue weighted by Crippen LogP contribution is 2.09. The van der Waals surface area contributed by atoms with Crippen LogP contribution in [0.4, 0.5) is 5.69 Å². The van der Waals surface area contributed by atoms with Gasteiger partial charge in [0.15, 0.2) is 6.29 Å². The van der Waals surface area contributed by atoms with Crippen molar-refractivity contribution < 1.29 is 4.79 Å². The highest BCUT2D eigenvalue weighted by atomic mass is 16.1. The van der Waals surface area contributed by atoms with Gasteiger partial charge in [-0.1, -0.05) is 18.6 Å². The SMILES string of the molecule is Nc1ccc(CCCCC[C]=O)cc1. The van der Waals surface area contributed by atoms with E-state index in [9.17, 15) is 4.79 Å². The fourth-order valence-corrected chi connectivity index (χ4v) is 1.39. The molecule has 0 fully saturated rings. The molecule has 1 aromatic rings. The molecule has 2 nitrogen and oxygen atoms in total. The molecule has 2 N–H and O–H groups in total. The topological polar surface area (TPSA) is 43.1 Å². The number of nitrogens with two attached hydrogens (primary N) is 1. The van der Waals surface area contributed by atoms with Crippen LogP contribution in [0.25, 0.3) is 0 Å². The summed E-state index contributed by atoms with van der Waals surface area (Å²) in [7, 11) is 0. The van der Waals surface area contributed by atoms with Crippen LogP contribution in [-0.4, -0.2) is 6.29 Å². The summed E-state index contributed by atoms with van der Waals surface area (Å²) in [4.78, 5) is 9.94. The summed E-state index contributed by atoms with van der Waals surface area (Å²) >= 11 is 0. The van der Waals surface area contributed by atoms with E-state index in [0.29, 0.717) is 6.42 Å². The van der Waals surface area contributed by atoms with Crippen LogP contribution in [0.5, 0.6) is 0 Å². The van der Waals surface area contributed by atoms with Crippen LogP contribution in [0.3, 0.4) is 0 Å². The minimum Gasteiger partial charge on any atom is -0.399 e. The monoisotopic (exact) mass is 190 g/mol. The van der Waals surface area contributed by atoms with Crippen molar-refractivity contribution in [2.45, 2.75) is 32.1 Å². The number of rotatable bonds is 6. The largest absolute Gasteiger partial charge is 0.399 e. The quantitative estimate of drug-likeness (QED) is 0.553. The zero-order chi connectivity index (χ0) is 10.2. The molecule has 1 aromatic carbocycles. The van der Waals surface area contributed by atoms with Crippen molar-refractivity contribution in [1.82, 2.24) is 0 Å². The third-order valence-electron chi connectivity index (χ3n) is 2.22. The van der Waals surface area contributed by atoms with E-state index in [1.165, 1.54) is 5.56 Å². The zero-order valence-electron chi connectivity index (χ0n) is 8.33. The first-order chi connectivity index (χ1) is 6.83. The average molecular weight is 190 g/mol. The maximum atomic E-state index is 9.94. The Morgan fingerprint density at radius 3 is 2.43 bits per heavy atom. The molecule has 0 atom stereocenters. The van der Waals surface area contributed by atoms with Gasteiger partial charge in [0.2, 0.25) is 0 Å². The van der Waals surface area contributed by atoms with Crippen LogP contribution in [0.15, 0.2) is 24.3 Å². The number of hydrogen-bond acceptors (Lipinski definition) is 2. The van der Waals surface area contributed by atoms with Gasteiger partial charge in [0.25, 0.3) is 0 Å². The summed E-state index contributed by atoms with van der Waals surface area (Å²) in [6, 6.07) is 7.96. The lowest BCUT2D eigenvalue weighted by Crippen LogP contribution is -1.88. The zero-order valence-corrected chi connectivity index (χ0v) is 8.33. The van der Waals surface area contributed by atoms with Gasteiger partial charge in [0, 0.05) is 12.1 Å². The Bertz CT molecular complexity index is 266. The molecule has 0 aromatic heterocycles. The van der Waals surface area contributed by atoms with E-state index in [1.54, 1.807) is 0 Å². The molecule has 0 spiro atoms. The minimum absolute atomic E-state index is 0.571. The van der Waals surface area contributed by atoms with E-state index in [4.69, 9.17) is 5.73 Å². The molecule has 0 amide bonds. The van der Waals surface area contributed by atoms with E-state index in [2.05, 4.69) is 12.1 Å². The van der Waals surface area contributed by atoms with E-state index >= 15 is 0 Å². The highest BCUT2D eigenvalue weighted by Gasteiger charge is 1.93. The van der Waals surface area contributed by atoms with Crippen molar-refractivity contribution in [3.63, 3.8) is 0 Å². The van der Waals surface area contributed by atoms with E-state index in [-0.39, 0.29) is 0 Å². The normalized spacial score (nSPS) is 10.0. The molecule has 0 saturated carbocycles. The number of aryl methyl sites for hydroxylation is 1. The molecular formula is C12H16NO. The van der Waals surface area contributed by atoms with Crippen molar-refractivity contribution in [3.8, 4) is 0 Å². The first kappa shape index (κ1) is 10.8. The van der Waals surface area contributed by atoms with Crippen LogP contribution in [0.1, 0.15) is 31.2 Å². The fraction of sp³-hybridized carbons (Fsp3) is 0.417. The van der Waals surface area contributed by atoms with Gasteiger partial charge in [-0.3, -0.25) is 4.79 Å². The molecule has 0 saturated heterocycles. The van der Waals surface area contributed by atoms with Crippen molar-refractivity contribution >= 4 is 12.0 Å². The lowest BCUT2D eigenvalue weighted by Gasteiger charge is -2.00. The third kappa shape index (κ3) is 4.08. The molecule has 0 aliphatic rings. The van der Waals surface area contributed by atoms with Crippen molar-refractivity contribution in [2.24, 2.45) is 0 Å². The highest BCUT2D eigenvalue weighted by molar-refractivity contribution is 5.50. The van der Waals surface area contributed by atoms with E-state index in [0.717, 1.165) is 31.4 Å². The number of benzene rings is 1. The van der Waals surface area contributed by atoms with Gasteiger partial charge in [0.1, 0.15) is 0 Å². The molecule has 2 heteroatoms. The molecule has 1 radical (unpaired) electrons. The fourth-order valence-electron chi connectivity index (χ4n) is 1.39. The van der Waals surface area contributed by atoms with Gasteiger partial charge < -0.3 is 5.73 Å². The Morgan fingerprint density at radius 1 is 1.07 bits per heavy atom. The Balaban J connectivity index is 2.18. The molecule has 1 rings (SSSR count). The van der Waals surface area contributed by atoms with Crippen LogP contribution >= 0.6 is 0 Å². The second-order valence-corrected chi connectivity index (χ2v) is 3.45. The van der Waals surface area contributed by atoms with Gasteiger partial charge in [-0.25, -0.2) is 0 Å². The van der Waals surface area contributed by atoms with E-state index in [1.807, 2.05) is 18.4 Å². The summed E-state index contributed by atoms with van der Waals surface area (Å²) in [6.07, 6.45) is 6.73. The Kier molecular flexibility index (Phi) is 4.76. The van der Waals surface area contributed by atoms with Gasteiger partial charge in [-0.2, -0.15) is 0 Å². The van der Waals surface area contributed by atoms with Gasteiger partial charge in [-0.05, 0) is 37.0 Å². The lowest BCUT2D eigenvalue weighted by molar-refractivity contribution is 0.545. The molecule has 14 heavy (non-hydrogen) atoms. The van der Waals surface area contributed by atoms with Gasteiger partial charge >= 0.3 is 0 Å². The molecule has 0 bridgehead atoms. The van der Waals surface area contributed by atoms with Gasteiger partial charge in [0.05, 0.1) is 0 Å². The lowest BCUT2D eigenvalue weighted by atomic mass is 10.1. The van der Waals surface area contributed by atoms with Crippen LogP contribution in [0.2, 0.25) is 0 Å². The molecule has 0 aliphatic carbocycles. The smallest absolute Gasteiger partial charge is 0.198 e. The van der Waals surface area contributed by atoms with Crippen LogP contribution in [-0.2, 0) is 11.2 Å². The van der Waals surface area contributed by atoms with Crippen molar-refractivity contribution in [2.75, 3.05) is 5.73 Å². The average Bonchev–Trinajstić information content (AvgIpc) is 2.21. The van der Waals surface area contributed by atoms with Gasteiger partial charge in [-0.15, -0.1) is 0 Å². The van der Waals surface area contributed by atoms with Crippen LogP contribution in [0, 0.1) is 0 Å². The van der Waals surface area contributed by atoms with Crippen molar-refractivity contribution in [3.05, 3.63) is 29.8 Å². The van der Waals surface area contributed by atoms with Crippen LogP contribution < -0.4 is 5.73 Å². The second kappa shape index (κ2) is 6.19. The number of hydrogen-bond donors (Lipinski definition) is 1. The Morgan fingerprint density at radius 2 is 1.79 bits per heavy atom. The number of unbranched alkanes of at least 4 members (excludes halogenated alkanes) is 3. The van der Waals surface area contributed by atoms with Crippen molar-refractivity contribution in [1.29, 1.82) is 0 Å². The summed E-state index contributed by atoms with van der Waals surface area (Å²) in [5.41, 5.74) is 7.70. The number of carbonyl (C=O) groups excluding carboxylic acids is 1. The maximum Gasteiger partial charge on any atom is 0.198 e. The Hall–Kier alpha value is -1.31. The summed E-state index contributed by atoms with van der Waals surface area (Å²) < 4.78 is 0. The number of anilines is 1. The molecule has 0 heterocycles. The summed E-state index contributed by atoms with van der Waals surface area (Å²) in [5.74, 6) is 0. The minimum atomic E-state index is 0.571. The first-order valence-electron chi connectivity index (χ1n) is 5.02. The molecule has 0 aliphatic heterocycles. The predicted octanol–water partition coefficient (Wildman–Crippen LogP) is 2.48. The number of nitrogen functional groups attached to an aromatic ring is 1. The van der Waals surface area contributed by atoms with E-state index < -0.39 is 0 Å². The predicted molar refractivity (Wildman–Crippen MR) is 58.7 cm³/mol. The third-order valence-corrected chi connectivity index (χ3v) is 2.22. The molecule has 75 valence electrons. The maximum absolute atomic E-state index is 9.94. The Labute approximate surface area is 85.1 Å². The molecule has 0 unspecified atom stereocenters. The summed E-state index contributed by atoms with van der Waals surface area (Å²) in [5, 5.41) is 0.